The molecular weight excluding hydrogens is 230 g/mol. The molecule has 94 valence electrons. The van der Waals surface area contributed by atoms with Crippen molar-refractivity contribution in [2.75, 3.05) is 5.32 Å². The number of aryl methyl sites for hydroxylation is 1. The van der Waals surface area contributed by atoms with Crippen LogP contribution in [0.5, 0.6) is 0 Å². The average Bonchev–Trinajstić information content (AvgIpc) is 2.84. The largest absolute Gasteiger partial charge is 0.478 e. The number of nitrogens with one attached hydrogen (secondary N) is 1. The first-order valence-corrected chi connectivity index (χ1v) is 5.78. The summed E-state index contributed by atoms with van der Waals surface area (Å²) < 4.78 is 1.85. The van der Waals surface area contributed by atoms with Gasteiger partial charge in [0, 0.05) is 18.4 Å². The number of rotatable bonds is 5. The number of aromatic nitrogens is 2. The van der Waals surface area contributed by atoms with E-state index in [9.17, 15) is 4.79 Å². The SMILES string of the molecule is CCn1ccc(CNc2cccc(C(=O)O)c2)n1. The summed E-state index contributed by atoms with van der Waals surface area (Å²) >= 11 is 0. The van der Waals surface area contributed by atoms with Gasteiger partial charge in [0.15, 0.2) is 0 Å². The first kappa shape index (κ1) is 12.2. The van der Waals surface area contributed by atoms with E-state index in [0.29, 0.717) is 6.54 Å². The molecule has 0 bridgehead atoms. The van der Waals surface area contributed by atoms with Gasteiger partial charge in [-0.15, -0.1) is 0 Å². The Hall–Kier alpha value is -2.30. The van der Waals surface area contributed by atoms with E-state index in [-0.39, 0.29) is 5.56 Å². The second kappa shape index (κ2) is 5.35. The van der Waals surface area contributed by atoms with E-state index < -0.39 is 5.97 Å². The molecule has 0 radical (unpaired) electrons. The number of carboxylic acids is 1. The van der Waals surface area contributed by atoms with Crippen molar-refractivity contribution in [1.29, 1.82) is 0 Å². The minimum Gasteiger partial charge on any atom is -0.478 e. The quantitative estimate of drug-likeness (QED) is 0.847. The Bertz CT molecular complexity index is 549. The summed E-state index contributed by atoms with van der Waals surface area (Å²) in [4.78, 5) is 10.8. The van der Waals surface area contributed by atoms with Gasteiger partial charge in [-0.2, -0.15) is 5.10 Å². The van der Waals surface area contributed by atoms with E-state index in [1.165, 1.54) is 0 Å². The van der Waals surface area contributed by atoms with Crippen LogP contribution in [0.15, 0.2) is 36.5 Å². The molecule has 0 unspecified atom stereocenters. The second-order valence-corrected chi connectivity index (χ2v) is 3.90. The van der Waals surface area contributed by atoms with E-state index in [4.69, 9.17) is 5.11 Å². The number of hydrogen-bond donors (Lipinski definition) is 2. The molecule has 5 nitrogen and oxygen atoms in total. The van der Waals surface area contributed by atoms with Crippen LogP contribution in [0.4, 0.5) is 5.69 Å². The molecule has 0 spiro atoms. The fourth-order valence-electron chi connectivity index (χ4n) is 1.63. The lowest BCUT2D eigenvalue weighted by Gasteiger charge is -2.05. The number of carbonyl (C=O) groups is 1. The van der Waals surface area contributed by atoms with Gasteiger partial charge in [0.2, 0.25) is 0 Å². The summed E-state index contributed by atoms with van der Waals surface area (Å²) in [6.45, 7) is 3.45. The van der Waals surface area contributed by atoms with Crippen LogP contribution in [0, 0.1) is 0 Å². The van der Waals surface area contributed by atoms with Crippen molar-refractivity contribution in [3.8, 4) is 0 Å². The maximum Gasteiger partial charge on any atom is 0.335 e. The van der Waals surface area contributed by atoms with Gasteiger partial charge in [-0.05, 0) is 31.2 Å². The van der Waals surface area contributed by atoms with E-state index in [2.05, 4.69) is 10.4 Å². The molecule has 0 aliphatic carbocycles. The predicted octanol–water partition coefficient (Wildman–Crippen LogP) is 2.21. The molecule has 0 saturated carbocycles. The number of anilines is 1. The number of carboxylic acid groups (broad SMARTS) is 1. The fraction of sp³-hybridized carbons (Fsp3) is 0.231. The lowest BCUT2D eigenvalue weighted by atomic mass is 10.2. The van der Waals surface area contributed by atoms with Gasteiger partial charge in [-0.3, -0.25) is 4.68 Å². The van der Waals surface area contributed by atoms with Crippen molar-refractivity contribution in [1.82, 2.24) is 9.78 Å². The highest BCUT2D eigenvalue weighted by Crippen LogP contribution is 2.11. The molecule has 0 aliphatic rings. The molecule has 0 atom stereocenters. The van der Waals surface area contributed by atoms with Gasteiger partial charge < -0.3 is 10.4 Å². The Morgan fingerprint density at radius 1 is 1.44 bits per heavy atom. The molecule has 0 fully saturated rings. The Labute approximate surface area is 105 Å². The summed E-state index contributed by atoms with van der Waals surface area (Å²) in [6.07, 6.45) is 1.92. The van der Waals surface area contributed by atoms with Crippen LogP contribution in [0.2, 0.25) is 0 Å². The molecule has 2 rings (SSSR count). The molecule has 0 aliphatic heterocycles. The van der Waals surface area contributed by atoms with E-state index in [1.807, 2.05) is 29.9 Å². The smallest absolute Gasteiger partial charge is 0.335 e. The third-order valence-corrected chi connectivity index (χ3v) is 2.60. The van der Waals surface area contributed by atoms with Crippen LogP contribution in [0.3, 0.4) is 0 Å². The highest BCUT2D eigenvalue weighted by Gasteiger charge is 2.03. The topological polar surface area (TPSA) is 67.2 Å². The zero-order valence-electron chi connectivity index (χ0n) is 10.1. The molecule has 1 heterocycles. The first-order valence-electron chi connectivity index (χ1n) is 5.78. The normalized spacial score (nSPS) is 10.3. The van der Waals surface area contributed by atoms with Gasteiger partial charge in [0.1, 0.15) is 0 Å². The third-order valence-electron chi connectivity index (χ3n) is 2.60. The molecular formula is C13H15N3O2. The van der Waals surface area contributed by atoms with Crippen LogP contribution >= 0.6 is 0 Å². The minimum absolute atomic E-state index is 0.277. The van der Waals surface area contributed by atoms with Gasteiger partial charge in [0.05, 0.1) is 17.8 Å². The standard InChI is InChI=1S/C13H15N3O2/c1-2-16-7-6-12(15-16)9-14-11-5-3-4-10(8-11)13(17)18/h3-8,14H,2,9H2,1H3,(H,17,18). The molecule has 2 N–H and O–H groups in total. The summed E-state index contributed by atoms with van der Waals surface area (Å²) in [5.74, 6) is -0.922. The lowest BCUT2D eigenvalue weighted by molar-refractivity contribution is 0.0697. The van der Waals surface area contributed by atoms with E-state index in [1.54, 1.807) is 18.2 Å². The predicted molar refractivity (Wildman–Crippen MR) is 68.6 cm³/mol. The number of nitrogens with zero attached hydrogens (tertiary/aromatic N) is 2. The summed E-state index contributed by atoms with van der Waals surface area (Å²) in [5, 5.41) is 16.4. The van der Waals surface area contributed by atoms with Crippen LogP contribution < -0.4 is 5.32 Å². The third kappa shape index (κ3) is 2.88. The zero-order chi connectivity index (χ0) is 13.0. The zero-order valence-corrected chi connectivity index (χ0v) is 10.1. The molecule has 1 aromatic heterocycles. The Morgan fingerprint density at radius 2 is 2.28 bits per heavy atom. The highest BCUT2D eigenvalue weighted by molar-refractivity contribution is 5.88. The second-order valence-electron chi connectivity index (χ2n) is 3.90. The summed E-state index contributed by atoms with van der Waals surface area (Å²) in [7, 11) is 0. The molecule has 0 amide bonds. The maximum atomic E-state index is 10.8. The highest BCUT2D eigenvalue weighted by atomic mass is 16.4. The van der Waals surface area contributed by atoms with Crippen LogP contribution in [-0.2, 0) is 13.1 Å². The molecule has 0 saturated heterocycles. The Morgan fingerprint density at radius 3 is 2.94 bits per heavy atom. The van der Waals surface area contributed by atoms with Crippen molar-refractivity contribution >= 4 is 11.7 Å². The molecule has 2 aromatic rings. The first-order chi connectivity index (χ1) is 8.69. The fourth-order valence-corrected chi connectivity index (χ4v) is 1.63. The van der Waals surface area contributed by atoms with Gasteiger partial charge in [0.25, 0.3) is 0 Å². The van der Waals surface area contributed by atoms with E-state index >= 15 is 0 Å². The van der Waals surface area contributed by atoms with Crippen LogP contribution in [0.25, 0.3) is 0 Å². The van der Waals surface area contributed by atoms with E-state index in [0.717, 1.165) is 17.9 Å². The maximum absolute atomic E-state index is 10.8. The molecule has 1 aromatic carbocycles. The molecule has 5 heteroatoms. The van der Waals surface area contributed by atoms with Gasteiger partial charge in [-0.25, -0.2) is 4.79 Å². The van der Waals surface area contributed by atoms with Crippen molar-refractivity contribution < 1.29 is 9.90 Å². The molecule has 18 heavy (non-hydrogen) atoms. The number of hydrogen-bond acceptors (Lipinski definition) is 3. The Kier molecular flexibility index (Phi) is 3.62. The van der Waals surface area contributed by atoms with Crippen LogP contribution in [-0.4, -0.2) is 20.9 Å². The summed E-state index contributed by atoms with van der Waals surface area (Å²) in [6, 6.07) is 8.68. The number of aromatic carboxylic acids is 1. The Balaban J connectivity index is 2.01. The van der Waals surface area contributed by atoms with Crippen LogP contribution in [0.1, 0.15) is 23.0 Å². The van der Waals surface area contributed by atoms with Crippen molar-refractivity contribution in [2.45, 2.75) is 20.0 Å². The monoisotopic (exact) mass is 245 g/mol. The van der Waals surface area contributed by atoms with Gasteiger partial charge >= 0.3 is 5.97 Å². The van der Waals surface area contributed by atoms with Crippen molar-refractivity contribution in [2.24, 2.45) is 0 Å². The summed E-state index contributed by atoms with van der Waals surface area (Å²) in [5.41, 5.74) is 1.98. The van der Waals surface area contributed by atoms with Gasteiger partial charge in [-0.1, -0.05) is 6.07 Å². The average molecular weight is 245 g/mol. The number of benzene rings is 1. The minimum atomic E-state index is -0.922. The van der Waals surface area contributed by atoms with Crippen molar-refractivity contribution in [3.05, 3.63) is 47.8 Å². The lowest BCUT2D eigenvalue weighted by Crippen LogP contribution is -2.03. The van der Waals surface area contributed by atoms with Crippen molar-refractivity contribution in [3.63, 3.8) is 0 Å².